The van der Waals surface area contributed by atoms with E-state index in [1.807, 2.05) is 42.5 Å². The Morgan fingerprint density at radius 3 is 2.40 bits per heavy atom. The molecule has 4 aliphatic rings. The van der Waals surface area contributed by atoms with Gasteiger partial charge in [0.25, 0.3) is 0 Å². The van der Waals surface area contributed by atoms with Gasteiger partial charge in [0.1, 0.15) is 17.9 Å². The second-order valence-electron chi connectivity index (χ2n) is 17.0. The maximum Gasteiger partial charge on any atom is 0.229 e. The number of hydrogen-bond acceptors (Lipinski definition) is 13. The Bertz CT molecular complexity index is 2420. The van der Waals surface area contributed by atoms with Gasteiger partial charge in [0, 0.05) is 36.2 Å². The van der Waals surface area contributed by atoms with Crippen LogP contribution in [0.4, 0.5) is 34.5 Å². The Kier molecular flexibility index (Phi) is 13.9. The van der Waals surface area contributed by atoms with Crippen LogP contribution in [0.2, 0.25) is 5.02 Å². The van der Waals surface area contributed by atoms with Gasteiger partial charge in [-0.2, -0.15) is 4.98 Å². The number of anilines is 6. The predicted molar refractivity (Wildman–Crippen MR) is 247 cm³/mol. The summed E-state index contributed by atoms with van der Waals surface area (Å²) in [6.07, 6.45) is 4.14. The number of nitrogens with one attached hydrogen (secondary N) is 3. The summed E-state index contributed by atoms with van der Waals surface area (Å²) in [6, 6.07) is 19.0. The number of rotatable bonds is 14. The predicted octanol–water partition coefficient (Wildman–Crippen LogP) is 5.61. The number of imide groups is 1. The smallest absolute Gasteiger partial charge is 0.229 e. The van der Waals surface area contributed by atoms with E-state index in [-0.39, 0.29) is 18.7 Å². The van der Waals surface area contributed by atoms with E-state index in [2.05, 4.69) is 78.3 Å². The van der Waals surface area contributed by atoms with E-state index in [1.165, 1.54) is 6.20 Å². The molecule has 4 saturated heterocycles. The van der Waals surface area contributed by atoms with Crippen LogP contribution in [0.15, 0.2) is 66.9 Å². The minimum atomic E-state index is -2.55. The SMILES string of the molecule is COc1cc(N2CCC(N3CCN(CC4CN(c5ccc(C(=O)[N-]C6CCC(=O)NC6=O)c([CH]=[Co])c5)C4)CC3)CC2)ccc1Nc1ncc(Cl)c(Nc2ccccc2P(C)(C)=O)n1. The molecule has 63 heavy (non-hydrogen) atoms. The molecule has 0 saturated carbocycles. The quantitative estimate of drug-likeness (QED) is 0.106. The minimum Gasteiger partial charge on any atom is -0.338 e. The van der Waals surface area contributed by atoms with Crippen LogP contribution in [0.1, 0.15) is 41.6 Å². The molecular formula is C45H53ClCoN10O5P-. The monoisotopic (exact) mass is 938 g/mol. The van der Waals surface area contributed by atoms with Crippen LogP contribution in [0.25, 0.3) is 5.32 Å². The maximum absolute atomic E-state index is 13.0. The van der Waals surface area contributed by atoms with Crippen molar-refractivity contribution in [2.75, 3.05) is 99.8 Å². The number of carbonyl (C=O) groups is 3. The van der Waals surface area contributed by atoms with Crippen molar-refractivity contribution in [3.8, 4) is 5.75 Å². The molecule has 3 aromatic carbocycles. The number of aromatic nitrogens is 2. The summed E-state index contributed by atoms with van der Waals surface area (Å²) in [5.41, 5.74) is 4.61. The summed E-state index contributed by atoms with van der Waals surface area (Å²) in [5.74, 6) is 0.663. The van der Waals surface area contributed by atoms with E-state index in [1.54, 1.807) is 31.5 Å². The first-order valence-corrected chi connectivity index (χ1v) is 24.9. The molecule has 4 fully saturated rings. The molecule has 0 aliphatic carbocycles. The third kappa shape index (κ3) is 10.6. The Morgan fingerprint density at radius 2 is 1.68 bits per heavy atom. The van der Waals surface area contributed by atoms with Crippen molar-refractivity contribution in [2.24, 2.45) is 5.92 Å². The molecule has 0 bridgehead atoms. The van der Waals surface area contributed by atoms with Crippen LogP contribution in [-0.2, 0) is 29.5 Å². The fourth-order valence-corrected chi connectivity index (χ4v) is 10.4. The third-order valence-corrected chi connectivity index (χ3v) is 14.5. The third-order valence-electron chi connectivity index (χ3n) is 12.4. The van der Waals surface area contributed by atoms with Gasteiger partial charge >= 0.3 is 183 Å². The van der Waals surface area contributed by atoms with E-state index < -0.39 is 25.0 Å². The van der Waals surface area contributed by atoms with Gasteiger partial charge in [-0.25, -0.2) is 4.98 Å². The molecule has 8 rings (SSSR count). The molecule has 3 N–H and O–H groups in total. The Labute approximate surface area is 381 Å². The molecular weight excluding hydrogens is 886 g/mol. The number of ether oxygens (including phenoxy) is 1. The standard InChI is InChI=1S/C45H54ClN10O5P.Co/c1-29-23-32(9-11-34(29)43(58)49-38-13-14-41(57)51-44(38)59)56-27-30(28-56)26-53-19-21-55(22-20-53)31-15-17-54(18-16-31)33-10-12-36(39(24-33)61-2)50-45-47-25-35(46)42(52-45)48-37-7-5-6-8-40(37)62(3,4)60;/h1,5-12,23-25,30-31,38H,13-22,26-28H2,2-4H3,(H4,47,48,49,50,51,52,57,58,59,60);/p-1. The average Bonchev–Trinajstić information content (AvgIpc) is 3.27. The number of amides is 3. The molecule has 4 aliphatic heterocycles. The summed E-state index contributed by atoms with van der Waals surface area (Å²) >= 11 is 10.9. The summed E-state index contributed by atoms with van der Waals surface area (Å²) < 4.78 is 18.7. The average molecular weight is 939 g/mol. The van der Waals surface area contributed by atoms with Crippen molar-refractivity contribution >= 4 is 81.2 Å². The largest absolute Gasteiger partial charge is 0.338 e. The molecule has 335 valence electrons. The van der Waals surface area contributed by atoms with Crippen LogP contribution in [0, 0.1) is 5.92 Å². The van der Waals surface area contributed by atoms with Crippen LogP contribution in [0.5, 0.6) is 5.75 Å². The molecule has 0 radical (unpaired) electrons. The molecule has 4 aromatic rings. The second kappa shape index (κ2) is 19.5. The van der Waals surface area contributed by atoms with Gasteiger partial charge in [0.15, 0.2) is 5.82 Å². The van der Waals surface area contributed by atoms with Crippen molar-refractivity contribution in [2.45, 2.75) is 37.8 Å². The molecule has 1 atom stereocenters. The molecule has 5 heterocycles. The first kappa shape index (κ1) is 44.8. The normalized spacial score (nSPS) is 19.3. The van der Waals surface area contributed by atoms with Crippen molar-refractivity contribution in [3.05, 3.63) is 88.3 Å². The van der Waals surface area contributed by atoms with Gasteiger partial charge in [-0.15, -0.1) is 0 Å². The van der Waals surface area contributed by atoms with Crippen LogP contribution >= 0.6 is 18.7 Å². The van der Waals surface area contributed by atoms with Gasteiger partial charge in [0.2, 0.25) is 5.95 Å². The van der Waals surface area contributed by atoms with Gasteiger partial charge < -0.3 is 24.8 Å². The molecule has 18 heteroatoms. The molecule has 3 amide bonds. The molecule has 0 spiro atoms. The number of nitrogens with zero attached hydrogens (tertiary/aromatic N) is 7. The zero-order valence-corrected chi connectivity index (χ0v) is 38.4. The molecule has 1 aromatic heterocycles. The van der Waals surface area contributed by atoms with Crippen LogP contribution in [-0.4, -0.2) is 134 Å². The number of benzene rings is 3. The number of methoxy groups -OCH3 is 1. The summed E-state index contributed by atoms with van der Waals surface area (Å²) in [7, 11) is -0.889. The topological polar surface area (TPSA) is 166 Å². The van der Waals surface area contributed by atoms with Crippen LogP contribution in [0.3, 0.4) is 0 Å². The van der Waals surface area contributed by atoms with Gasteiger partial charge in [-0.05, 0) is 50.4 Å². The number of piperazine rings is 1. The van der Waals surface area contributed by atoms with Crippen molar-refractivity contribution in [3.63, 3.8) is 0 Å². The Hall–Kier alpha value is -4.83. The molecule has 15 nitrogen and oxygen atoms in total. The van der Waals surface area contributed by atoms with Crippen molar-refractivity contribution in [1.82, 2.24) is 25.1 Å². The van der Waals surface area contributed by atoms with Gasteiger partial charge in [-0.3, -0.25) is 0 Å². The van der Waals surface area contributed by atoms with E-state index in [0.717, 1.165) is 94.1 Å². The number of halogens is 1. The first-order valence-electron chi connectivity index (χ1n) is 21.3. The number of para-hydroxylation sites is 1. The van der Waals surface area contributed by atoms with Crippen molar-refractivity contribution < 1.29 is 39.0 Å². The minimum absolute atomic E-state index is 0.172. The maximum atomic E-state index is 13.0. The van der Waals surface area contributed by atoms with E-state index in [9.17, 15) is 18.9 Å². The number of carbonyl (C=O) groups excluding carboxylic acids is 3. The van der Waals surface area contributed by atoms with Crippen molar-refractivity contribution in [1.29, 1.82) is 0 Å². The number of piperidine rings is 2. The zero-order chi connectivity index (χ0) is 44.3. The van der Waals surface area contributed by atoms with E-state index in [0.29, 0.717) is 51.3 Å². The Balaban J connectivity index is 0.780. The van der Waals surface area contributed by atoms with Gasteiger partial charge in [0.05, 0.1) is 24.7 Å². The second-order valence-corrected chi connectivity index (χ2v) is 20.9. The van der Waals surface area contributed by atoms with Crippen LogP contribution < -0.4 is 35.8 Å². The number of hydrogen-bond donors (Lipinski definition) is 3. The van der Waals surface area contributed by atoms with E-state index >= 15 is 0 Å². The molecule has 1 unspecified atom stereocenters. The first-order chi connectivity index (χ1) is 30.3. The van der Waals surface area contributed by atoms with E-state index in [4.69, 9.17) is 16.3 Å². The fourth-order valence-electron chi connectivity index (χ4n) is 8.89. The summed E-state index contributed by atoms with van der Waals surface area (Å²) in [5, 5.41) is 14.0. The summed E-state index contributed by atoms with van der Waals surface area (Å²) in [4.78, 5) is 57.2. The Morgan fingerprint density at radius 1 is 0.952 bits per heavy atom. The van der Waals surface area contributed by atoms with Gasteiger partial charge in [-0.1, -0.05) is 23.7 Å². The fraction of sp³-hybridized carbons (Fsp3) is 0.422. The zero-order valence-electron chi connectivity index (χ0n) is 35.7. The summed E-state index contributed by atoms with van der Waals surface area (Å²) in [6.45, 7) is 12.7.